The third kappa shape index (κ3) is 3.57. The standard InChI is InChI=1S/C25H18FNO4/c26-18-8-6-17(7-9-18)24(28)20-15-27(14-16-4-2-1-3-5-16)21-13-23-22(30-10-11-31-23)12-19(21)25(20)29/h1-9,12-13,15H,10-11,14H2. The highest BCUT2D eigenvalue weighted by molar-refractivity contribution is 6.10. The molecule has 5 nitrogen and oxygen atoms in total. The number of hydrogen-bond acceptors (Lipinski definition) is 4. The quantitative estimate of drug-likeness (QED) is 0.469. The molecule has 31 heavy (non-hydrogen) atoms. The second kappa shape index (κ2) is 7.72. The molecule has 4 aromatic rings. The molecular formula is C25H18FNO4. The van der Waals surface area contributed by atoms with E-state index in [2.05, 4.69) is 0 Å². The van der Waals surface area contributed by atoms with Gasteiger partial charge < -0.3 is 14.0 Å². The van der Waals surface area contributed by atoms with E-state index in [1.165, 1.54) is 24.3 Å². The van der Waals surface area contributed by atoms with E-state index in [0.717, 1.165) is 5.56 Å². The van der Waals surface area contributed by atoms with E-state index >= 15 is 0 Å². The predicted octanol–water partition coefficient (Wildman–Crippen LogP) is 4.19. The molecular weight excluding hydrogens is 397 g/mol. The summed E-state index contributed by atoms with van der Waals surface area (Å²) in [5, 5.41) is 0.369. The summed E-state index contributed by atoms with van der Waals surface area (Å²) in [4.78, 5) is 26.4. The third-order valence-electron chi connectivity index (χ3n) is 5.29. The first-order chi connectivity index (χ1) is 15.1. The zero-order valence-corrected chi connectivity index (χ0v) is 16.5. The highest BCUT2D eigenvalue weighted by Gasteiger charge is 2.21. The summed E-state index contributed by atoms with van der Waals surface area (Å²) in [6.45, 7) is 1.29. The van der Waals surface area contributed by atoms with Crippen molar-refractivity contribution in [1.29, 1.82) is 0 Å². The van der Waals surface area contributed by atoms with E-state index < -0.39 is 17.0 Å². The number of benzene rings is 3. The lowest BCUT2D eigenvalue weighted by Gasteiger charge is -2.21. The summed E-state index contributed by atoms with van der Waals surface area (Å²) in [5.41, 5.74) is 1.54. The lowest BCUT2D eigenvalue weighted by Crippen LogP contribution is -2.21. The maximum atomic E-state index is 13.3. The molecule has 0 saturated heterocycles. The van der Waals surface area contributed by atoms with Gasteiger partial charge in [0.25, 0.3) is 0 Å². The van der Waals surface area contributed by atoms with Gasteiger partial charge >= 0.3 is 0 Å². The van der Waals surface area contributed by atoms with Crippen LogP contribution in [-0.2, 0) is 6.54 Å². The Labute approximate surface area is 177 Å². The molecule has 0 spiro atoms. The second-order valence-corrected chi connectivity index (χ2v) is 7.33. The molecule has 1 aromatic heterocycles. The average Bonchev–Trinajstić information content (AvgIpc) is 2.80. The minimum Gasteiger partial charge on any atom is -0.486 e. The molecule has 0 fully saturated rings. The average molecular weight is 415 g/mol. The number of halogens is 1. The molecule has 0 atom stereocenters. The number of carbonyl (C=O) groups excluding carboxylic acids is 1. The molecule has 0 amide bonds. The Morgan fingerprint density at radius 1 is 0.935 bits per heavy atom. The molecule has 2 heterocycles. The van der Waals surface area contributed by atoms with Gasteiger partial charge in [-0.15, -0.1) is 0 Å². The minimum atomic E-state index is -0.455. The number of ketones is 1. The maximum absolute atomic E-state index is 13.3. The number of fused-ring (bicyclic) bond motifs is 2. The fourth-order valence-electron chi connectivity index (χ4n) is 3.76. The van der Waals surface area contributed by atoms with E-state index in [9.17, 15) is 14.0 Å². The number of carbonyl (C=O) groups is 1. The monoisotopic (exact) mass is 415 g/mol. The van der Waals surface area contributed by atoms with E-state index in [-0.39, 0.29) is 11.1 Å². The van der Waals surface area contributed by atoms with Crippen molar-refractivity contribution in [1.82, 2.24) is 4.57 Å². The van der Waals surface area contributed by atoms with Crippen LogP contribution in [0.2, 0.25) is 0 Å². The summed E-state index contributed by atoms with van der Waals surface area (Å²) in [6.07, 6.45) is 1.57. The topological polar surface area (TPSA) is 57.5 Å². The van der Waals surface area contributed by atoms with Gasteiger partial charge in [0.2, 0.25) is 5.43 Å². The highest BCUT2D eigenvalue weighted by atomic mass is 19.1. The van der Waals surface area contributed by atoms with Crippen molar-refractivity contribution < 1.29 is 18.7 Å². The fraction of sp³-hybridized carbons (Fsp3) is 0.120. The van der Waals surface area contributed by atoms with Crippen LogP contribution in [0.5, 0.6) is 11.5 Å². The minimum absolute atomic E-state index is 0.0201. The van der Waals surface area contributed by atoms with Gasteiger partial charge in [0, 0.05) is 24.4 Å². The zero-order chi connectivity index (χ0) is 21.4. The van der Waals surface area contributed by atoms with E-state index in [0.29, 0.717) is 42.2 Å². The SMILES string of the molecule is O=C(c1ccc(F)cc1)c1cn(Cc2ccccc2)c2cc3c(cc2c1=O)OCCO3. The molecule has 0 unspecified atom stereocenters. The lowest BCUT2D eigenvalue weighted by molar-refractivity contribution is 0.103. The highest BCUT2D eigenvalue weighted by Crippen LogP contribution is 2.34. The Balaban J connectivity index is 1.72. The summed E-state index contributed by atoms with van der Waals surface area (Å²) in [5.74, 6) is 0.148. The normalized spacial score (nSPS) is 12.7. The maximum Gasteiger partial charge on any atom is 0.200 e. The van der Waals surface area contributed by atoms with Gasteiger partial charge in [0.1, 0.15) is 19.0 Å². The largest absolute Gasteiger partial charge is 0.486 e. The number of ether oxygens (including phenoxy) is 2. The van der Waals surface area contributed by atoms with Crippen molar-refractivity contribution in [3.05, 3.63) is 106 Å². The molecule has 0 N–H and O–H groups in total. The summed E-state index contributed by atoms with van der Waals surface area (Å²) >= 11 is 0. The Morgan fingerprint density at radius 2 is 1.61 bits per heavy atom. The van der Waals surface area contributed by atoms with Gasteiger partial charge in [-0.3, -0.25) is 9.59 Å². The zero-order valence-electron chi connectivity index (χ0n) is 16.5. The number of rotatable bonds is 4. The van der Waals surface area contributed by atoms with Crippen LogP contribution >= 0.6 is 0 Å². The van der Waals surface area contributed by atoms with Crippen LogP contribution in [0.4, 0.5) is 4.39 Å². The van der Waals surface area contributed by atoms with Crippen LogP contribution in [0.15, 0.2) is 77.7 Å². The smallest absolute Gasteiger partial charge is 0.200 e. The van der Waals surface area contributed by atoms with Gasteiger partial charge in [0.05, 0.1) is 16.5 Å². The van der Waals surface area contributed by atoms with Crippen LogP contribution in [0, 0.1) is 5.82 Å². The Bertz CT molecular complexity index is 1340. The van der Waals surface area contributed by atoms with Gasteiger partial charge in [-0.1, -0.05) is 30.3 Å². The van der Waals surface area contributed by atoms with E-state index in [4.69, 9.17) is 9.47 Å². The Morgan fingerprint density at radius 3 is 2.32 bits per heavy atom. The lowest BCUT2D eigenvalue weighted by atomic mass is 10.0. The van der Waals surface area contributed by atoms with Crippen LogP contribution in [-0.4, -0.2) is 23.6 Å². The van der Waals surface area contributed by atoms with Gasteiger partial charge in [-0.2, -0.15) is 0 Å². The number of aromatic nitrogens is 1. The third-order valence-corrected chi connectivity index (χ3v) is 5.29. The first kappa shape index (κ1) is 19.1. The second-order valence-electron chi connectivity index (χ2n) is 7.33. The van der Waals surface area contributed by atoms with Crippen LogP contribution < -0.4 is 14.9 Å². The molecule has 3 aromatic carbocycles. The van der Waals surface area contributed by atoms with Crippen molar-refractivity contribution in [2.75, 3.05) is 13.2 Å². The molecule has 1 aliphatic heterocycles. The van der Waals surface area contributed by atoms with Gasteiger partial charge in [0.15, 0.2) is 17.3 Å². The summed E-state index contributed by atoms with van der Waals surface area (Å²) in [7, 11) is 0. The number of pyridine rings is 1. The van der Waals surface area contributed by atoms with Crippen LogP contribution in [0.1, 0.15) is 21.5 Å². The summed E-state index contributed by atoms with van der Waals surface area (Å²) < 4.78 is 26.5. The van der Waals surface area contributed by atoms with Crippen molar-refractivity contribution in [3.8, 4) is 11.5 Å². The molecule has 1 aliphatic rings. The van der Waals surface area contributed by atoms with Crippen LogP contribution in [0.3, 0.4) is 0 Å². The first-order valence-corrected chi connectivity index (χ1v) is 9.91. The molecule has 0 aliphatic carbocycles. The van der Waals surface area contributed by atoms with Crippen molar-refractivity contribution in [2.45, 2.75) is 6.54 Å². The van der Waals surface area contributed by atoms with Gasteiger partial charge in [-0.05, 0) is 35.9 Å². The van der Waals surface area contributed by atoms with E-state index in [1.54, 1.807) is 18.3 Å². The van der Waals surface area contributed by atoms with Crippen molar-refractivity contribution in [2.24, 2.45) is 0 Å². The molecule has 6 heteroatoms. The Hall–Kier alpha value is -3.93. The van der Waals surface area contributed by atoms with Crippen molar-refractivity contribution >= 4 is 16.7 Å². The van der Waals surface area contributed by atoms with Gasteiger partial charge in [-0.25, -0.2) is 4.39 Å². The summed E-state index contributed by atoms with van der Waals surface area (Å²) in [6, 6.07) is 18.3. The molecule has 0 saturated carbocycles. The number of hydrogen-bond donors (Lipinski definition) is 0. The fourth-order valence-corrected chi connectivity index (χ4v) is 3.76. The van der Waals surface area contributed by atoms with Crippen molar-refractivity contribution in [3.63, 3.8) is 0 Å². The van der Waals surface area contributed by atoms with E-state index in [1.807, 2.05) is 34.9 Å². The molecule has 154 valence electrons. The molecule has 5 rings (SSSR count). The molecule has 0 bridgehead atoms. The van der Waals surface area contributed by atoms with Crippen LogP contribution in [0.25, 0.3) is 10.9 Å². The Kier molecular flexibility index (Phi) is 4.75. The number of nitrogens with zero attached hydrogens (tertiary/aromatic N) is 1. The predicted molar refractivity (Wildman–Crippen MR) is 115 cm³/mol. The molecule has 0 radical (unpaired) electrons. The first-order valence-electron chi connectivity index (χ1n) is 9.91.